The molecule has 1 aliphatic heterocycles. The zero-order chi connectivity index (χ0) is 83.9. The molecule has 16 N–H and O–H groups in total. The molecular formula is C82H115ClN18O14. The lowest BCUT2D eigenvalue weighted by molar-refractivity contribution is -0.145. The summed E-state index contributed by atoms with van der Waals surface area (Å²) in [5.74, 6) is -8.72. The topological polar surface area (TPSA) is 458 Å². The summed E-state index contributed by atoms with van der Waals surface area (Å²) in [6.07, 6.45) is 4.71. The fourth-order valence-electron chi connectivity index (χ4n) is 12.9. The molecule has 115 heavy (non-hydrogen) atoms. The third kappa shape index (κ3) is 32.2. The smallest absolute Gasteiger partial charge is 0.302 e. The van der Waals surface area contributed by atoms with Crippen LogP contribution in [0.15, 0.2) is 126 Å². The van der Waals surface area contributed by atoms with Gasteiger partial charge in [0.2, 0.25) is 65.0 Å². The predicted octanol–water partition coefficient (Wildman–Crippen LogP) is 2.84. The van der Waals surface area contributed by atoms with E-state index in [2.05, 4.69) is 84.1 Å². The molecule has 0 radical (unpaired) electrons. The third-order valence-electron chi connectivity index (χ3n) is 18.8. The van der Waals surface area contributed by atoms with Gasteiger partial charge in [-0.15, -0.1) is 0 Å². The number of halogens is 1. The maximum absolute atomic E-state index is 15.3. The number of amides is 11. The summed E-state index contributed by atoms with van der Waals surface area (Å²) in [4.78, 5) is 186. The minimum atomic E-state index is -1.81. The van der Waals surface area contributed by atoms with Gasteiger partial charge in [0, 0.05) is 103 Å². The molecule has 0 aliphatic carbocycles. The summed E-state index contributed by atoms with van der Waals surface area (Å²) in [5, 5.41) is 50.3. The van der Waals surface area contributed by atoms with E-state index in [0.717, 1.165) is 17.7 Å². The second kappa shape index (κ2) is 48.6. The number of nitrogens with one attached hydrogen (secondary N) is 13. The molecule has 0 spiro atoms. The molecule has 1 aliphatic rings. The first-order valence-corrected chi connectivity index (χ1v) is 39.8. The van der Waals surface area contributed by atoms with Gasteiger partial charge in [0.05, 0.1) is 0 Å². The number of unbranched alkanes of at least 4 members (excludes halogenated alkanes) is 2. The second-order valence-corrected chi connectivity index (χ2v) is 29.1. The minimum absolute atomic E-state index is 0.0250. The standard InChI is InChI=1S/C82H115ClN18O14/c1-10-86-81(87-11-2)90-39-18-16-25-62(72(106)96-64(42-50(5)6)73(107)95-63(26-17-19-40-91-82(88-12-3)89-13-4)80(114)101-41-21-27-70(101)79(113)92-51(7)71(84)105)94-75(109)66(45-55-31-36-61(104)37-32-55)99-78(112)69(49-115-53(9)103)100-77(111)68(47-57-22-20-38-85-48-57)98-76(110)67(44-54-29-34-60(83)35-30-54)97-74(108)65(93-52(8)102)46-56-28-33-58-23-14-15-24-59(58)43-56/h14-15,20,22-24,28-38,43,48,50-51,62-70,104H,10-13,16-19,21,25-27,39-42,44-47,49H2,1-9H3,(H2,84,105)(H,92,113)(H,93,102)(H,94,109)(H,95,107)(H,96,106)(H,97,108)(H,98,110)(H,99,112)(H,100,111)(H2,86,87,90)(H2,88,89,91)/t51-,62-,63+,64+,65-,66+,67-,68-,69+,70+/m1/s1. The van der Waals surface area contributed by atoms with Crippen molar-refractivity contribution in [1.82, 2.24) is 79.0 Å². The summed E-state index contributed by atoms with van der Waals surface area (Å²) >= 11 is 6.28. The molecule has 624 valence electrons. The molecule has 1 fully saturated rings. The highest BCUT2D eigenvalue weighted by atomic mass is 35.5. The molecule has 10 atom stereocenters. The van der Waals surface area contributed by atoms with Crippen LogP contribution in [0.25, 0.3) is 10.8 Å². The molecule has 0 bridgehead atoms. The molecule has 33 heteroatoms. The number of pyridine rings is 1. The Balaban J connectivity index is 1.32. The number of guanidine groups is 2. The van der Waals surface area contributed by atoms with Crippen molar-refractivity contribution >= 4 is 105 Å². The fourth-order valence-corrected chi connectivity index (χ4v) is 13.1. The molecule has 0 unspecified atom stereocenters. The maximum atomic E-state index is 15.3. The van der Waals surface area contributed by atoms with Crippen molar-refractivity contribution in [1.29, 1.82) is 0 Å². The summed E-state index contributed by atoms with van der Waals surface area (Å²) in [5.41, 5.74) is 7.56. The largest absolute Gasteiger partial charge is 0.508 e. The van der Waals surface area contributed by atoms with Crippen molar-refractivity contribution in [2.45, 2.75) is 206 Å². The number of carbonyl (C=O) groups is 12. The number of primary amides is 1. The van der Waals surface area contributed by atoms with Gasteiger partial charge in [-0.2, -0.15) is 0 Å². The molecule has 2 heterocycles. The van der Waals surface area contributed by atoms with Crippen LogP contribution in [0.3, 0.4) is 0 Å². The van der Waals surface area contributed by atoms with E-state index in [9.17, 15) is 33.9 Å². The number of aromatic hydroxyl groups is 1. The number of likely N-dealkylation sites (tertiary alicyclic amines) is 1. The Morgan fingerprint density at radius 3 is 1.52 bits per heavy atom. The number of nitrogens with zero attached hydrogens (tertiary/aromatic N) is 4. The van der Waals surface area contributed by atoms with Crippen LogP contribution in [0.4, 0.5) is 0 Å². The van der Waals surface area contributed by atoms with Crippen LogP contribution >= 0.6 is 11.6 Å². The summed E-state index contributed by atoms with van der Waals surface area (Å²) < 4.78 is 5.39. The molecule has 1 saturated heterocycles. The predicted molar refractivity (Wildman–Crippen MR) is 438 cm³/mol. The molecular weight excluding hydrogens is 1500 g/mol. The van der Waals surface area contributed by atoms with Crippen LogP contribution in [-0.2, 0) is 88.0 Å². The van der Waals surface area contributed by atoms with E-state index in [-0.39, 0.29) is 76.0 Å². The first kappa shape index (κ1) is 92.4. The number of esters is 1. The van der Waals surface area contributed by atoms with Crippen LogP contribution < -0.4 is 74.9 Å². The number of hydrogen-bond donors (Lipinski definition) is 15. The number of aromatic nitrogens is 1. The second-order valence-electron chi connectivity index (χ2n) is 28.6. The van der Waals surface area contributed by atoms with Gasteiger partial charge >= 0.3 is 5.97 Å². The molecule has 0 saturated carbocycles. The number of hydrogen-bond acceptors (Lipinski definition) is 17. The van der Waals surface area contributed by atoms with Crippen LogP contribution in [0.5, 0.6) is 5.75 Å². The lowest BCUT2D eigenvalue weighted by atomic mass is 9.99. The lowest BCUT2D eigenvalue weighted by Crippen LogP contribution is -2.62. The number of nitrogens with two attached hydrogens (primary N) is 1. The SMILES string of the molecule is CCN=C(NCC)NCCCC[C@H](NC(=O)[C@H](CC(C)C)NC(=O)[C@@H](CCCCNC(=NCC)NCC)NC(=O)[C@H](Cc1ccc(O)cc1)NC(=O)[C@H](COC(C)=O)NC(=O)[C@@H](Cc1cccnc1)NC(=O)[C@@H](Cc1ccc(Cl)cc1)NC(=O)[C@@H](Cc1ccc2ccccc2c1)NC(C)=O)C(=O)N1CCC[C@H]1C(=O)N[C@H](C)C(N)=O. The molecule has 1 aromatic heterocycles. The van der Waals surface area contributed by atoms with Gasteiger partial charge in [-0.05, 0) is 162 Å². The van der Waals surface area contributed by atoms with Crippen molar-refractivity contribution < 1.29 is 67.4 Å². The quantitative estimate of drug-likeness (QED) is 0.0115. The molecule has 4 aromatic carbocycles. The van der Waals surface area contributed by atoms with Gasteiger partial charge < -0.3 is 89.6 Å². The molecule has 11 amide bonds. The van der Waals surface area contributed by atoms with Crippen LogP contribution in [-0.4, -0.2) is 211 Å². The van der Waals surface area contributed by atoms with Crippen molar-refractivity contribution in [2.75, 3.05) is 52.4 Å². The summed E-state index contributed by atoms with van der Waals surface area (Å²) in [6.45, 7) is 17.4. The van der Waals surface area contributed by atoms with Crippen LogP contribution in [0, 0.1) is 5.92 Å². The zero-order valence-electron chi connectivity index (χ0n) is 67.2. The third-order valence-corrected chi connectivity index (χ3v) is 19.0. The number of benzene rings is 4. The Bertz CT molecular complexity index is 4120. The Labute approximate surface area is 677 Å². The van der Waals surface area contributed by atoms with Crippen molar-refractivity contribution in [2.24, 2.45) is 21.6 Å². The van der Waals surface area contributed by atoms with E-state index in [1.54, 1.807) is 36.4 Å². The number of phenols is 1. The van der Waals surface area contributed by atoms with Gasteiger partial charge in [-0.3, -0.25) is 72.5 Å². The fraction of sp³-hybridized carbons (Fsp3) is 0.500. The van der Waals surface area contributed by atoms with Crippen molar-refractivity contribution in [3.8, 4) is 5.75 Å². The Hall–Kier alpha value is -11.4. The zero-order valence-corrected chi connectivity index (χ0v) is 67.9. The first-order chi connectivity index (χ1) is 55.1. The van der Waals surface area contributed by atoms with E-state index in [1.165, 1.54) is 55.4 Å². The number of fused-ring (bicyclic) bond motifs is 1. The Morgan fingerprint density at radius 2 is 1.00 bits per heavy atom. The average Bonchev–Trinajstić information content (AvgIpc) is 1.19. The summed E-state index contributed by atoms with van der Waals surface area (Å²) in [7, 11) is 0. The average molecular weight is 1610 g/mol. The van der Waals surface area contributed by atoms with Gasteiger partial charge in [-0.25, -0.2) is 0 Å². The number of rotatable bonds is 45. The van der Waals surface area contributed by atoms with Gasteiger partial charge in [-0.1, -0.05) is 98.2 Å². The minimum Gasteiger partial charge on any atom is -0.508 e. The number of phenolic OH excluding ortho intramolecular Hbond substituents is 1. The van der Waals surface area contributed by atoms with E-state index in [4.69, 9.17) is 22.1 Å². The highest BCUT2D eigenvalue weighted by Gasteiger charge is 2.41. The lowest BCUT2D eigenvalue weighted by Gasteiger charge is -2.31. The number of ether oxygens (including phenoxy) is 1. The molecule has 5 aromatic rings. The highest BCUT2D eigenvalue weighted by molar-refractivity contribution is 6.30. The number of aliphatic imine (C=N–C) groups is 2. The number of carbonyl (C=O) groups excluding carboxylic acids is 12. The van der Waals surface area contributed by atoms with Crippen molar-refractivity contribution in [3.05, 3.63) is 143 Å². The highest BCUT2D eigenvalue weighted by Crippen LogP contribution is 2.23. The van der Waals surface area contributed by atoms with E-state index < -0.39 is 138 Å². The van der Waals surface area contributed by atoms with E-state index in [1.807, 2.05) is 84.0 Å². The summed E-state index contributed by atoms with van der Waals surface area (Å²) in [6, 6.07) is 15.0. The van der Waals surface area contributed by atoms with Crippen molar-refractivity contribution in [3.63, 3.8) is 0 Å². The Morgan fingerprint density at radius 1 is 0.530 bits per heavy atom. The van der Waals surface area contributed by atoms with Gasteiger partial charge in [0.1, 0.15) is 72.8 Å². The van der Waals surface area contributed by atoms with Gasteiger partial charge in [0.25, 0.3) is 0 Å². The van der Waals surface area contributed by atoms with E-state index >= 15 is 28.8 Å². The molecule has 32 nitrogen and oxygen atoms in total. The molecule has 6 rings (SSSR count). The van der Waals surface area contributed by atoms with Crippen LogP contribution in [0.2, 0.25) is 5.02 Å². The monoisotopic (exact) mass is 1610 g/mol. The first-order valence-electron chi connectivity index (χ1n) is 39.4. The van der Waals surface area contributed by atoms with Gasteiger partial charge in [0.15, 0.2) is 11.9 Å². The Kier molecular flexibility index (Phi) is 39.0. The maximum Gasteiger partial charge on any atom is 0.302 e. The van der Waals surface area contributed by atoms with E-state index in [0.29, 0.717) is 104 Å². The van der Waals surface area contributed by atoms with Crippen LogP contribution in [0.1, 0.15) is 142 Å². The normalized spacial score (nSPS) is 15.1.